The van der Waals surface area contributed by atoms with Gasteiger partial charge in [-0.05, 0) is 25.2 Å². The summed E-state index contributed by atoms with van der Waals surface area (Å²) >= 11 is 1.69. The predicted octanol–water partition coefficient (Wildman–Crippen LogP) is 2.83. The minimum absolute atomic E-state index is 0.196. The topological polar surface area (TPSA) is 29.0 Å². The Bertz CT molecular complexity index is 411. The number of hydrogen-bond acceptors (Lipinski definition) is 4. The van der Waals surface area contributed by atoms with Crippen LogP contribution >= 0.6 is 11.8 Å². The van der Waals surface area contributed by atoms with Crippen molar-refractivity contribution in [1.82, 2.24) is 9.97 Å². The van der Waals surface area contributed by atoms with Gasteiger partial charge < -0.3 is 4.90 Å². The molecule has 1 aliphatic heterocycles. The van der Waals surface area contributed by atoms with Gasteiger partial charge in [-0.25, -0.2) is 9.97 Å². The van der Waals surface area contributed by atoms with Gasteiger partial charge in [0.2, 0.25) is 5.95 Å². The zero-order valence-electron chi connectivity index (χ0n) is 9.94. The lowest BCUT2D eigenvalue weighted by molar-refractivity contribution is -0.141. The summed E-state index contributed by atoms with van der Waals surface area (Å²) in [5.41, 5.74) is -0.873. The quantitative estimate of drug-likeness (QED) is 0.849. The molecule has 0 saturated carbocycles. The molecule has 1 atom stereocenters. The van der Waals surface area contributed by atoms with Gasteiger partial charge >= 0.3 is 6.18 Å². The molecule has 0 aromatic carbocycles. The first-order chi connectivity index (χ1) is 8.52. The highest BCUT2D eigenvalue weighted by molar-refractivity contribution is 7.98. The Morgan fingerprint density at radius 2 is 2.28 bits per heavy atom. The van der Waals surface area contributed by atoms with E-state index in [0.717, 1.165) is 31.2 Å². The van der Waals surface area contributed by atoms with E-state index in [-0.39, 0.29) is 12.0 Å². The van der Waals surface area contributed by atoms with Crippen LogP contribution < -0.4 is 4.90 Å². The van der Waals surface area contributed by atoms with Crippen LogP contribution in [0, 0.1) is 0 Å². The molecule has 1 aromatic heterocycles. The van der Waals surface area contributed by atoms with E-state index in [4.69, 9.17) is 0 Å². The van der Waals surface area contributed by atoms with Gasteiger partial charge in [0.05, 0.1) is 0 Å². The van der Waals surface area contributed by atoms with E-state index in [0.29, 0.717) is 0 Å². The summed E-state index contributed by atoms with van der Waals surface area (Å²) < 4.78 is 37.8. The van der Waals surface area contributed by atoms with Crippen LogP contribution in [0.3, 0.4) is 0 Å². The molecule has 1 fully saturated rings. The third kappa shape index (κ3) is 2.88. The molecule has 7 heteroatoms. The van der Waals surface area contributed by atoms with Crippen LogP contribution in [0.15, 0.2) is 12.3 Å². The zero-order valence-corrected chi connectivity index (χ0v) is 10.8. The average molecular weight is 277 g/mol. The number of halogens is 3. The fourth-order valence-corrected chi connectivity index (χ4v) is 2.84. The molecule has 1 saturated heterocycles. The monoisotopic (exact) mass is 277 g/mol. The Morgan fingerprint density at radius 3 is 2.94 bits per heavy atom. The average Bonchev–Trinajstić information content (AvgIpc) is 2.77. The summed E-state index contributed by atoms with van der Waals surface area (Å²) in [6.45, 7) is 0.729. The lowest BCUT2D eigenvalue weighted by atomic mass is 10.2. The first-order valence-corrected chi connectivity index (χ1v) is 7.07. The van der Waals surface area contributed by atoms with E-state index < -0.39 is 11.9 Å². The fourth-order valence-electron chi connectivity index (χ4n) is 2.11. The second kappa shape index (κ2) is 5.34. The fraction of sp³-hybridized carbons (Fsp3) is 0.636. The molecule has 2 rings (SSSR count). The summed E-state index contributed by atoms with van der Waals surface area (Å²) in [6.07, 6.45) is 0.723. The number of anilines is 1. The second-order valence-electron chi connectivity index (χ2n) is 4.18. The molecule has 3 nitrogen and oxygen atoms in total. The van der Waals surface area contributed by atoms with Gasteiger partial charge in [0, 0.05) is 24.5 Å². The number of nitrogens with zero attached hydrogens (tertiary/aromatic N) is 3. The highest BCUT2D eigenvalue weighted by atomic mass is 32.2. The predicted molar refractivity (Wildman–Crippen MR) is 65.8 cm³/mol. The van der Waals surface area contributed by atoms with E-state index in [2.05, 4.69) is 9.97 Å². The highest BCUT2D eigenvalue weighted by Gasteiger charge is 2.34. The van der Waals surface area contributed by atoms with Crippen molar-refractivity contribution in [3.8, 4) is 0 Å². The molecule has 2 heterocycles. The standard InChI is InChI=1S/C11H14F3N3S/c1-18-7-8-3-2-6-17(8)10-15-5-4-9(16-10)11(12,13)14/h4-5,8H,2-3,6-7H2,1H3. The third-order valence-electron chi connectivity index (χ3n) is 2.93. The van der Waals surface area contributed by atoms with E-state index in [1.807, 2.05) is 11.2 Å². The number of aromatic nitrogens is 2. The minimum atomic E-state index is -4.41. The van der Waals surface area contributed by atoms with Crippen molar-refractivity contribution in [1.29, 1.82) is 0 Å². The van der Waals surface area contributed by atoms with Crippen LogP contribution in [-0.4, -0.2) is 34.6 Å². The molecule has 0 aliphatic carbocycles. The molecule has 1 aromatic rings. The SMILES string of the molecule is CSCC1CCCN1c1nccc(C(F)(F)F)n1. The lowest BCUT2D eigenvalue weighted by Gasteiger charge is -2.24. The normalized spacial score (nSPS) is 20.4. The third-order valence-corrected chi connectivity index (χ3v) is 3.64. The molecule has 18 heavy (non-hydrogen) atoms. The van der Waals surface area contributed by atoms with Gasteiger partial charge in [0.15, 0.2) is 0 Å². The van der Waals surface area contributed by atoms with Gasteiger partial charge in [0.1, 0.15) is 5.69 Å². The molecule has 0 amide bonds. The van der Waals surface area contributed by atoms with E-state index >= 15 is 0 Å². The molecule has 0 spiro atoms. The summed E-state index contributed by atoms with van der Waals surface area (Å²) in [7, 11) is 0. The molecule has 0 N–H and O–H groups in total. The van der Waals surface area contributed by atoms with Gasteiger partial charge in [-0.3, -0.25) is 0 Å². The van der Waals surface area contributed by atoms with Crippen LogP contribution in [0.1, 0.15) is 18.5 Å². The van der Waals surface area contributed by atoms with Crippen molar-refractivity contribution >= 4 is 17.7 Å². The zero-order chi connectivity index (χ0) is 13.2. The summed E-state index contributed by atoms with van der Waals surface area (Å²) in [5, 5.41) is 0. The molecule has 1 unspecified atom stereocenters. The summed E-state index contributed by atoms with van der Waals surface area (Å²) in [6, 6.07) is 1.15. The van der Waals surface area contributed by atoms with Crippen molar-refractivity contribution in [2.75, 3.05) is 23.5 Å². The number of hydrogen-bond donors (Lipinski definition) is 0. The first kappa shape index (κ1) is 13.5. The van der Waals surface area contributed by atoms with Crippen molar-refractivity contribution in [2.24, 2.45) is 0 Å². The Hall–Kier alpha value is -0.980. The minimum Gasteiger partial charge on any atom is -0.337 e. The van der Waals surface area contributed by atoms with Crippen LogP contribution in [0.4, 0.5) is 19.1 Å². The van der Waals surface area contributed by atoms with Gasteiger partial charge in [-0.1, -0.05) is 0 Å². The summed E-state index contributed by atoms with van der Waals surface area (Å²) in [4.78, 5) is 9.49. The molecule has 1 aliphatic rings. The Kier molecular flexibility index (Phi) is 3.99. The molecule has 0 bridgehead atoms. The Morgan fingerprint density at radius 1 is 1.50 bits per heavy atom. The highest BCUT2D eigenvalue weighted by Crippen LogP contribution is 2.30. The molecular weight excluding hydrogens is 263 g/mol. The first-order valence-electron chi connectivity index (χ1n) is 5.68. The Labute approximate surface area is 108 Å². The van der Waals surface area contributed by atoms with E-state index in [1.165, 1.54) is 6.20 Å². The van der Waals surface area contributed by atoms with Crippen molar-refractivity contribution < 1.29 is 13.2 Å². The van der Waals surface area contributed by atoms with Crippen molar-refractivity contribution in [3.05, 3.63) is 18.0 Å². The van der Waals surface area contributed by atoms with Crippen molar-refractivity contribution in [3.63, 3.8) is 0 Å². The number of rotatable bonds is 3. The maximum atomic E-state index is 12.6. The number of alkyl halides is 3. The largest absolute Gasteiger partial charge is 0.433 e. The molecular formula is C11H14F3N3S. The van der Waals surface area contributed by atoms with Crippen molar-refractivity contribution in [2.45, 2.75) is 25.1 Å². The van der Waals surface area contributed by atoms with Crippen LogP contribution in [0.25, 0.3) is 0 Å². The van der Waals surface area contributed by atoms with E-state index in [1.54, 1.807) is 11.8 Å². The van der Waals surface area contributed by atoms with Crippen LogP contribution in [0.2, 0.25) is 0 Å². The maximum absolute atomic E-state index is 12.6. The van der Waals surface area contributed by atoms with Crippen LogP contribution in [-0.2, 0) is 6.18 Å². The maximum Gasteiger partial charge on any atom is 0.433 e. The second-order valence-corrected chi connectivity index (χ2v) is 5.10. The van der Waals surface area contributed by atoms with E-state index in [9.17, 15) is 13.2 Å². The lowest BCUT2D eigenvalue weighted by Crippen LogP contribution is -2.33. The molecule has 0 radical (unpaired) electrons. The van der Waals surface area contributed by atoms with Gasteiger partial charge in [-0.15, -0.1) is 0 Å². The van der Waals surface area contributed by atoms with Crippen LogP contribution in [0.5, 0.6) is 0 Å². The molecule has 100 valence electrons. The van der Waals surface area contributed by atoms with Gasteiger partial charge in [-0.2, -0.15) is 24.9 Å². The smallest absolute Gasteiger partial charge is 0.337 e. The summed E-state index contributed by atoms with van der Waals surface area (Å²) in [5.74, 6) is 1.08. The number of thioether (sulfide) groups is 1. The Balaban J connectivity index is 2.22. The van der Waals surface area contributed by atoms with Gasteiger partial charge in [0.25, 0.3) is 0 Å².